The predicted molar refractivity (Wildman–Crippen MR) is 87.4 cm³/mol. The van der Waals surface area contributed by atoms with Crippen molar-refractivity contribution in [3.8, 4) is 0 Å². The number of nitrogens with zero attached hydrogens (tertiary/aromatic N) is 1. The molecule has 2 amide bonds. The highest BCUT2D eigenvalue weighted by Gasteiger charge is 2.23. The van der Waals surface area contributed by atoms with Gasteiger partial charge in [0.2, 0.25) is 11.8 Å². The quantitative estimate of drug-likeness (QED) is 0.876. The van der Waals surface area contributed by atoms with E-state index in [0.29, 0.717) is 25.9 Å². The summed E-state index contributed by atoms with van der Waals surface area (Å²) in [6, 6.07) is 6.22. The fraction of sp³-hybridized carbons (Fsp3) is 0.556. The first-order valence-electron chi connectivity index (χ1n) is 8.40. The number of halogens is 1. The van der Waals surface area contributed by atoms with Gasteiger partial charge in [0.15, 0.2) is 0 Å². The Morgan fingerprint density at radius 1 is 1.22 bits per heavy atom. The minimum atomic E-state index is -0.291. The number of hydrogen-bond donors (Lipinski definition) is 1. The van der Waals surface area contributed by atoms with Gasteiger partial charge in [-0.15, -0.1) is 0 Å². The second-order valence-corrected chi connectivity index (χ2v) is 6.13. The molecule has 0 aliphatic carbocycles. The van der Waals surface area contributed by atoms with Gasteiger partial charge in [0.1, 0.15) is 5.82 Å². The molecular weight excluding hydrogens is 295 g/mol. The van der Waals surface area contributed by atoms with Crippen molar-refractivity contribution >= 4 is 11.8 Å². The molecule has 4 nitrogen and oxygen atoms in total. The van der Waals surface area contributed by atoms with Crippen molar-refractivity contribution in [1.29, 1.82) is 0 Å². The van der Waals surface area contributed by atoms with Crippen LogP contribution in [0.1, 0.15) is 44.6 Å². The highest BCUT2D eigenvalue weighted by atomic mass is 19.1. The summed E-state index contributed by atoms with van der Waals surface area (Å²) in [7, 11) is 0. The monoisotopic (exact) mass is 320 g/mol. The molecule has 126 valence electrons. The fourth-order valence-electron chi connectivity index (χ4n) is 2.80. The summed E-state index contributed by atoms with van der Waals surface area (Å²) in [6.07, 6.45) is 4.42. The van der Waals surface area contributed by atoms with E-state index in [-0.39, 0.29) is 23.7 Å². The third kappa shape index (κ3) is 5.66. The SMILES string of the molecule is CCCCC(=O)NC1CCN(C(=O)Cc2ccc(F)cc2)CC1. The first kappa shape index (κ1) is 17.4. The van der Waals surface area contributed by atoms with Gasteiger partial charge in [-0.2, -0.15) is 0 Å². The number of likely N-dealkylation sites (tertiary alicyclic amines) is 1. The molecule has 0 unspecified atom stereocenters. The summed E-state index contributed by atoms with van der Waals surface area (Å²) in [5, 5.41) is 3.05. The number of piperidine rings is 1. The molecule has 1 heterocycles. The molecule has 0 radical (unpaired) electrons. The molecule has 1 fully saturated rings. The van der Waals surface area contributed by atoms with Crippen molar-refractivity contribution in [2.24, 2.45) is 0 Å². The summed E-state index contributed by atoms with van der Waals surface area (Å²) in [6.45, 7) is 3.40. The Balaban J connectivity index is 1.74. The van der Waals surface area contributed by atoms with Gasteiger partial charge in [0, 0.05) is 25.6 Å². The first-order valence-corrected chi connectivity index (χ1v) is 8.40. The van der Waals surface area contributed by atoms with Crippen molar-refractivity contribution in [2.45, 2.75) is 51.5 Å². The lowest BCUT2D eigenvalue weighted by Gasteiger charge is -2.32. The normalized spacial score (nSPS) is 15.5. The Bertz CT molecular complexity index is 522. The maximum atomic E-state index is 12.9. The zero-order chi connectivity index (χ0) is 16.7. The lowest BCUT2D eigenvalue weighted by molar-refractivity contribution is -0.131. The van der Waals surface area contributed by atoms with Gasteiger partial charge in [0.05, 0.1) is 6.42 Å². The van der Waals surface area contributed by atoms with Gasteiger partial charge in [0.25, 0.3) is 0 Å². The number of carbonyl (C=O) groups excluding carboxylic acids is 2. The van der Waals surface area contributed by atoms with Crippen LogP contribution in [0.5, 0.6) is 0 Å². The molecular formula is C18H25FN2O2. The zero-order valence-electron chi connectivity index (χ0n) is 13.7. The second-order valence-electron chi connectivity index (χ2n) is 6.13. The van der Waals surface area contributed by atoms with E-state index >= 15 is 0 Å². The maximum Gasteiger partial charge on any atom is 0.226 e. The Morgan fingerprint density at radius 2 is 1.87 bits per heavy atom. The average molecular weight is 320 g/mol. The van der Waals surface area contributed by atoms with Gasteiger partial charge in [-0.3, -0.25) is 9.59 Å². The second kappa shape index (κ2) is 8.65. The standard InChI is InChI=1S/C18H25FN2O2/c1-2-3-4-17(22)20-16-9-11-21(12-10-16)18(23)13-14-5-7-15(19)8-6-14/h5-8,16H,2-4,9-13H2,1H3,(H,20,22). The molecule has 1 N–H and O–H groups in total. The number of amides is 2. The molecule has 1 aliphatic rings. The molecule has 5 heteroatoms. The molecule has 1 aromatic rings. The van der Waals surface area contributed by atoms with Crippen LogP contribution in [0.25, 0.3) is 0 Å². The van der Waals surface area contributed by atoms with E-state index in [0.717, 1.165) is 31.2 Å². The summed E-state index contributed by atoms with van der Waals surface area (Å²) in [4.78, 5) is 25.8. The van der Waals surface area contributed by atoms with Crippen LogP contribution < -0.4 is 5.32 Å². The molecule has 2 rings (SSSR count). The number of unbranched alkanes of at least 4 members (excludes halogenated alkanes) is 1. The van der Waals surface area contributed by atoms with E-state index in [4.69, 9.17) is 0 Å². The van der Waals surface area contributed by atoms with Crippen molar-refractivity contribution in [3.05, 3.63) is 35.6 Å². The number of nitrogens with one attached hydrogen (secondary N) is 1. The van der Waals surface area contributed by atoms with E-state index in [1.54, 1.807) is 12.1 Å². The summed E-state index contributed by atoms with van der Waals surface area (Å²) >= 11 is 0. The maximum absolute atomic E-state index is 12.9. The molecule has 1 aromatic carbocycles. The lowest BCUT2D eigenvalue weighted by Crippen LogP contribution is -2.46. The molecule has 1 saturated heterocycles. The molecule has 0 bridgehead atoms. The minimum Gasteiger partial charge on any atom is -0.353 e. The van der Waals surface area contributed by atoms with E-state index < -0.39 is 0 Å². The minimum absolute atomic E-state index is 0.0624. The van der Waals surface area contributed by atoms with Crippen LogP contribution in [0.2, 0.25) is 0 Å². The molecule has 0 aromatic heterocycles. The average Bonchev–Trinajstić information content (AvgIpc) is 2.55. The predicted octanol–water partition coefficient (Wildman–Crippen LogP) is 2.67. The van der Waals surface area contributed by atoms with E-state index in [1.165, 1.54) is 12.1 Å². The summed E-state index contributed by atoms with van der Waals surface area (Å²) in [5.74, 6) is -0.115. The number of benzene rings is 1. The van der Waals surface area contributed by atoms with Gasteiger partial charge in [-0.1, -0.05) is 25.5 Å². The fourth-order valence-corrected chi connectivity index (χ4v) is 2.80. The molecule has 0 atom stereocenters. The van der Waals surface area contributed by atoms with Crippen LogP contribution in [-0.2, 0) is 16.0 Å². The molecule has 0 spiro atoms. The van der Waals surface area contributed by atoms with Crippen molar-refractivity contribution in [1.82, 2.24) is 10.2 Å². The Hall–Kier alpha value is -1.91. The molecule has 0 saturated carbocycles. The zero-order valence-corrected chi connectivity index (χ0v) is 13.7. The lowest BCUT2D eigenvalue weighted by atomic mass is 10.0. The Morgan fingerprint density at radius 3 is 2.48 bits per heavy atom. The Kier molecular flexibility index (Phi) is 6.56. The smallest absolute Gasteiger partial charge is 0.226 e. The molecule has 23 heavy (non-hydrogen) atoms. The van der Waals surface area contributed by atoms with Crippen molar-refractivity contribution in [2.75, 3.05) is 13.1 Å². The van der Waals surface area contributed by atoms with Gasteiger partial charge >= 0.3 is 0 Å². The van der Waals surface area contributed by atoms with Crippen LogP contribution in [-0.4, -0.2) is 35.8 Å². The van der Waals surface area contributed by atoms with E-state index in [1.807, 2.05) is 4.90 Å². The summed E-state index contributed by atoms with van der Waals surface area (Å²) in [5.41, 5.74) is 0.825. The van der Waals surface area contributed by atoms with Gasteiger partial charge in [-0.25, -0.2) is 4.39 Å². The van der Waals surface area contributed by atoms with Crippen LogP contribution in [0.3, 0.4) is 0 Å². The number of hydrogen-bond acceptors (Lipinski definition) is 2. The third-order valence-corrected chi connectivity index (χ3v) is 4.24. The van der Waals surface area contributed by atoms with Crippen LogP contribution in [0, 0.1) is 5.82 Å². The van der Waals surface area contributed by atoms with Crippen LogP contribution in [0.4, 0.5) is 4.39 Å². The van der Waals surface area contributed by atoms with Crippen LogP contribution in [0.15, 0.2) is 24.3 Å². The topological polar surface area (TPSA) is 49.4 Å². The highest BCUT2D eigenvalue weighted by Crippen LogP contribution is 2.13. The third-order valence-electron chi connectivity index (χ3n) is 4.24. The Labute approximate surface area is 137 Å². The number of carbonyl (C=O) groups is 2. The van der Waals surface area contributed by atoms with Crippen molar-refractivity contribution < 1.29 is 14.0 Å². The van der Waals surface area contributed by atoms with Gasteiger partial charge < -0.3 is 10.2 Å². The van der Waals surface area contributed by atoms with Crippen molar-refractivity contribution in [3.63, 3.8) is 0 Å². The van der Waals surface area contributed by atoms with Gasteiger partial charge in [-0.05, 0) is 37.0 Å². The van der Waals surface area contributed by atoms with Crippen LogP contribution >= 0.6 is 0 Å². The highest BCUT2D eigenvalue weighted by molar-refractivity contribution is 5.79. The number of rotatable bonds is 6. The van der Waals surface area contributed by atoms with E-state index in [9.17, 15) is 14.0 Å². The first-order chi connectivity index (χ1) is 11.1. The van der Waals surface area contributed by atoms with E-state index in [2.05, 4.69) is 12.2 Å². The summed E-state index contributed by atoms with van der Waals surface area (Å²) < 4.78 is 12.9. The largest absolute Gasteiger partial charge is 0.353 e. The molecule has 1 aliphatic heterocycles.